The van der Waals surface area contributed by atoms with E-state index >= 15 is 0 Å². The number of nitrogens with zero attached hydrogens (tertiary/aromatic N) is 1. The van der Waals surface area contributed by atoms with Crippen LogP contribution in [0.5, 0.6) is 0 Å². The Morgan fingerprint density at radius 2 is 2.24 bits per heavy atom. The lowest BCUT2D eigenvalue weighted by Gasteiger charge is -2.32. The minimum atomic E-state index is 0.655. The van der Waals surface area contributed by atoms with Crippen molar-refractivity contribution in [3.8, 4) is 0 Å². The number of anilines is 1. The topological polar surface area (TPSA) is 15.3 Å². The molecule has 2 rings (SSSR count). The second kappa shape index (κ2) is 5.74. The first-order chi connectivity index (χ1) is 8.16. The number of piperidine rings is 1. The summed E-state index contributed by atoms with van der Waals surface area (Å²) in [5.41, 5.74) is 2.42. The maximum atomic E-state index is 6.02. The Hall–Kier alpha value is -0.730. The SMILES string of the molecule is Cc1ccc(Cl)cc1NCC1CCCCN1C. The van der Waals surface area contributed by atoms with Crippen molar-refractivity contribution in [2.75, 3.05) is 25.5 Å². The quantitative estimate of drug-likeness (QED) is 0.885. The summed E-state index contributed by atoms with van der Waals surface area (Å²) in [5, 5.41) is 4.33. The van der Waals surface area contributed by atoms with Crippen LogP contribution < -0.4 is 5.32 Å². The molecule has 1 aliphatic heterocycles. The second-order valence-electron chi connectivity index (χ2n) is 4.97. The van der Waals surface area contributed by atoms with Gasteiger partial charge in [-0.15, -0.1) is 0 Å². The van der Waals surface area contributed by atoms with E-state index in [1.54, 1.807) is 0 Å². The highest BCUT2D eigenvalue weighted by molar-refractivity contribution is 6.30. The summed E-state index contributed by atoms with van der Waals surface area (Å²) < 4.78 is 0. The van der Waals surface area contributed by atoms with Crippen LogP contribution in [0.1, 0.15) is 24.8 Å². The number of halogens is 1. The average molecular weight is 253 g/mol. The van der Waals surface area contributed by atoms with E-state index in [2.05, 4.69) is 30.3 Å². The van der Waals surface area contributed by atoms with Crippen molar-refractivity contribution in [3.05, 3.63) is 28.8 Å². The molecule has 1 heterocycles. The van der Waals surface area contributed by atoms with E-state index in [4.69, 9.17) is 11.6 Å². The van der Waals surface area contributed by atoms with Gasteiger partial charge in [0.1, 0.15) is 0 Å². The maximum Gasteiger partial charge on any atom is 0.0426 e. The van der Waals surface area contributed by atoms with Crippen LogP contribution in [-0.4, -0.2) is 31.1 Å². The van der Waals surface area contributed by atoms with Gasteiger partial charge in [-0.05, 0) is 51.1 Å². The minimum absolute atomic E-state index is 0.655. The average Bonchev–Trinajstić information content (AvgIpc) is 2.32. The standard InChI is InChI=1S/C14H21ClN2/c1-11-6-7-12(15)9-14(11)16-10-13-5-3-4-8-17(13)2/h6-7,9,13,16H,3-5,8,10H2,1-2H3. The number of benzene rings is 1. The summed E-state index contributed by atoms with van der Waals surface area (Å²) in [4.78, 5) is 2.45. The monoisotopic (exact) mass is 252 g/mol. The molecule has 0 amide bonds. The lowest BCUT2D eigenvalue weighted by molar-refractivity contribution is 0.194. The van der Waals surface area contributed by atoms with E-state index < -0.39 is 0 Å². The molecule has 0 bridgehead atoms. The molecule has 1 aliphatic rings. The van der Waals surface area contributed by atoms with E-state index in [1.165, 1.54) is 31.4 Å². The van der Waals surface area contributed by atoms with Crippen LogP contribution in [0.15, 0.2) is 18.2 Å². The van der Waals surface area contributed by atoms with E-state index in [0.29, 0.717) is 6.04 Å². The van der Waals surface area contributed by atoms with Crippen LogP contribution >= 0.6 is 11.6 Å². The van der Waals surface area contributed by atoms with Crippen LogP contribution in [-0.2, 0) is 0 Å². The van der Waals surface area contributed by atoms with Crippen molar-refractivity contribution >= 4 is 17.3 Å². The van der Waals surface area contributed by atoms with E-state index in [1.807, 2.05) is 12.1 Å². The number of hydrogen-bond donors (Lipinski definition) is 1. The first kappa shape index (κ1) is 12.7. The Morgan fingerprint density at radius 3 is 3.00 bits per heavy atom. The summed E-state index contributed by atoms with van der Waals surface area (Å²) in [6.07, 6.45) is 3.98. The largest absolute Gasteiger partial charge is 0.383 e. The highest BCUT2D eigenvalue weighted by Gasteiger charge is 2.18. The van der Waals surface area contributed by atoms with Gasteiger partial charge in [0.15, 0.2) is 0 Å². The fourth-order valence-electron chi connectivity index (χ4n) is 2.41. The van der Waals surface area contributed by atoms with Crippen molar-refractivity contribution in [3.63, 3.8) is 0 Å². The highest BCUT2D eigenvalue weighted by atomic mass is 35.5. The van der Waals surface area contributed by atoms with E-state index in [-0.39, 0.29) is 0 Å². The zero-order valence-corrected chi connectivity index (χ0v) is 11.4. The smallest absolute Gasteiger partial charge is 0.0426 e. The zero-order chi connectivity index (χ0) is 12.3. The molecule has 2 nitrogen and oxygen atoms in total. The Bertz CT molecular complexity index is 378. The van der Waals surface area contributed by atoms with Crippen molar-refractivity contribution in [1.29, 1.82) is 0 Å². The van der Waals surface area contributed by atoms with Crippen LogP contribution in [0.4, 0.5) is 5.69 Å². The molecular formula is C14H21ClN2. The Balaban J connectivity index is 1.94. The van der Waals surface area contributed by atoms with Gasteiger partial charge < -0.3 is 10.2 Å². The Kier molecular flexibility index (Phi) is 4.30. The number of rotatable bonds is 3. The minimum Gasteiger partial charge on any atom is -0.383 e. The van der Waals surface area contributed by atoms with Crippen molar-refractivity contribution in [1.82, 2.24) is 4.90 Å². The van der Waals surface area contributed by atoms with Crippen LogP contribution in [0.25, 0.3) is 0 Å². The molecule has 3 heteroatoms. The molecular weight excluding hydrogens is 232 g/mol. The maximum absolute atomic E-state index is 6.02. The fraction of sp³-hybridized carbons (Fsp3) is 0.571. The third-order valence-electron chi connectivity index (χ3n) is 3.65. The third kappa shape index (κ3) is 3.36. The molecule has 1 atom stereocenters. The molecule has 17 heavy (non-hydrogen) atoms. The van der Waals surface area contributed by atoms with Gasteiger partial charge >= 0.3 is 0 Å². The Labute approximate surface area is 109 Å². The third-order valence-corrected chi connectivity index (χ3v) is 3.88. The number of nitrogens with one attached hydrogen (secondary N) is 1. The molecule has 1 aromatic carbocycles. The number of likely N-dealkylation sites (tertiary alicyclic amines) is 1. The van der Waals surface area contributed by atoms with Crippen molar-refractivity contribution < 1.29 is 0 Å². The van der Waals surface area contributed by atoms with Crippen molar-refractivity contribution in [2.24, 2.45) is 0 Å². The second-order valence-corrected chi connectivity index (χ2v) is 5.41. The van der Waals surface area contributed by atoms with Crippen molar-refractivity contribution in [2.45, 2.75) is 32.2 Å². The molecule has 1 N–H and O–H groups in total. The lowest BCUT2D eigenvalue weighted by Crippen LogP contribution is -2.40. The van der Waals surface area contributed by atoms with E-state index in [9.17, 15) is 0 Å². The highest BCUT2D eigenvalue weighted by Crippen LogP contribution is 2.21. The fourth-order valence-corrected chi connectivity index (χ4v) is 2.59. The van der Waals surface area contributed by atoms with Gasteiger partial charge in [-0.2, -0.15) is 0 Å². The molecule has 1 aromatic rings. The molecule has 1 fully saturated rings. The molecule has 94 valence electrons. The summed E-state index contributed by atoms with van der Waals surface area (Å²) >= 11 is 6.02. The van der Waals surface area contributed by atoms with Crippen LogP contribution in [0.3, 0.4) is 0 Å². The van der Waals surface area contributed by atoms with Gasteiger partial charge in [0.25, 0.3) is 0 Å². The van der Waals surface area contributed by atoms with Crippen LogP contribution in [0, 0.1) is 6.92 Å². The molecule has 0 aliphatic carbocycles. The predicted molar refractivity (Wildman–Crippen MR) is 74.9 cm³/mol. The normalized spacial score (nSPS) is 21.5. The molecule has 1 unspecified atom stereocenters. The Morgan fingerprint density at radius 1 is 1.41 bits per heavy atom. The summed E-state index contributed by atoms with van der Waals surface area (Å²) in [5.74, 6) is 0. The van der Waals surface area contributed by atoms with Gasteiger partial charge in [0.2, 0.25) is 0 Å². The molecule has 0 saturated carbocycles. The zero-order valence-electron chi connectivity index (χ0n) is 10.7. The first-order valence-corrected chi connectivity index (χ1v) is 6.75. The number of likely N-dealkylation sites (N-methyl/N-ethyl adjacent to an activating group) is 1. The molecule has 0 radical (unpaired) electrons. The number of aryl methyl sites for hydroxylation is 1. The predicted octanol–water partition coefficient (Wildman–Crippen LogP) is 3.54. The first-order valence-electron chi connectivity index (χ1n) is 6.37. The summed E-state index contributed by atoms with van der Waals surface area (Å²) in [6.45, 7) is 4.35. The molecule has 0 aromatic heterocycles. The molecule has 0 spiro atoms. The van der Waals surface area contributed by atoms with E-state index in [0.717, 1.165) is 17.3 Å². The summed E-state index contributed by atoms with van der Waals surface area (Å²) in [6, 6.07) is 6.67. The van der Waals surface area contributed by atoms with Gasteiger partial charge in [0.05, 0.1) is 0 Å². The molecule has 1 saturated heterocycles. The van der Waals surface area contributed by atoms with Gasteiger partial charge in [-0.1, -0.05) is 24.1 Å². The van der Waals surface area contributed by atoms with Gasteiger partial charge in [0, 0.05) is 23.3 Å². The summed E-state index contributed by atoms with van der Waals surface area (Å²) in [7, 11) is 2.22. The number of hydrogen-bond acceptors (Lipinski definition) is 2. The van der Waals surface area contributed by atoms with Gasteiger partial charge in [-0.3, -0.25) is 0 Å². The van der Waals surface area contributed by atoms with Gasteiger partial charge in [-0.25, -0.2) is 0 Å². The lowest BCUT2D eigenvalue weighted by atomic mass is 10.0. The van der Waals surface area contributed by atoms with Crippen LogP contribution in [0.2, 0.25) is 5.02 Å².